The van der Waals surface area contributed by atoms with Crippen molar-refractivity contribution in [3.8, 4) is 0 Å². The maximum atomic E-state index is 10.1. The van der Waals surface area contributed by atoms with Gasteiger partial charge in [0.1, 0.15) is 0 Å². The van der Waals surface area contributed by atoms with Crippen LogP contribution in [0.3, 0.4) is 0 Å². The van der Waals surface area contributed by atoms with Crippen molar-refractivity contribution in [2.75, 3.05) is 0 Å². The molecule has 17 heavy (non-hydrogen) atoms. The van der Waals surface area contributed by atoms with E-state index in [9.17, 15) is 5.11 Å². The van der Waals surface area contributed by atoms with Crippen LogP contribution in [0.4, 0.5) is 0 Å². The fourth-order valence-electron chi connectivity index (χ4n) is 1.69. The van der Waals surface area contributed by atoms with Crippen LogP contribution in [0.1, 0.15) is 22.4 Å². The molecule has 0 fully saturated rings. The lowest BCUT2D eigenvalue weighted by molar-refractivity contribution is 0.179. The molecule has 6 heteroatoms. The second-order valence-electron chi connectivity index (χ2n) is 3.86. The number of thiophene rings is 1. The summed E-state index contributed by atoms with van der Waals surface area (Å²) in [6.07, 6.45) is -0.160. The molecule has 0 aliphatic heterocycles. The minimum Gasteiger partial charge on any atom is -0.387 e. The molecule has 0 bridgehead atoms. The summed E-state index contributed by atoms with van der Waals surface area (Å²) >= 11 is 13.4. The van der Waals surface area contributed by atoms with Crippen molar-refractivity contribution < 1.29 is 5.11 Å². The molecule has 92 valence electrons. The fourth-order valence-corrected chi connectivity index (χ4v) is 2.99. The van der Waals surface area contributed by atoms with Crippen LogP contribution in [0.5, 0.6) is 0 Å². The Bertz CT molecular complexity index is 536. The zero-order valence-corrected chi connectivity index (χ0v) is 11.8. The highest BCUT2D eigenvalue weighted by Gasteiger charge is 2.17. The van der Waals surface area contributed by atoms with Crippen molar-refractivity contribution in [3.63, 3.8) is 0 Å². The van der Waals surface area contributed by atoms with Gasteiger partial charge >= 0.3 is 0 Å². The Balaban J connectivity index is 2.21. The number of aliphatic hydroxyl groups excluding tert-OH is 1. The summed E-state index contributed by atoms with van der Waals surface area (Å²) in [6, 6.07) is 1.77. The maximum Gasteiger partial charge on any atom is 0.0938 e. The molecule has 0 aliphatic carbocycles. The van der Waals surface area contributed by atoms with Gasteiger partial charge in [0.25, 0.3) is 0 Å². The van der Waals surface area contributed by atoms with Crippen LogP contribution in [0.15, 0.2) is 11.4 Å². The predicted octanol–water partition coefficient (Wildman–Crippen LogP) is 3.37. The lowest BCUT2D eigenvalue weighted by Crippen LogP contribution is -2.05. The van der Waals surface area contributed by atoms with Gasteiger partial charge in [0.2, 0.25) is 0 Å². The van der Waals surface area contributed by atoms with Gasteiger partial charge < -0.3 is 5.11 Å². The SMILES string of the molecule is Cc1nn(C)c(CC(O)c2cc(Cl)cs2)c1Cl. The average Bonchev–Trinajstić information content (AvgIpc) is 2.79. The van der Waals surface area contributed by atoms with Gasteiger partial charge in [0, 0.05) is 23.7 Å². The summed E-state index contributed by atoms with van der Waals surface area (Å²) in [7, 11) is 1.82. The molecule has 2 rings (SSSR count). The Kier molecular flexibility index (Phi) is 3.78. The maximum absolute atomic E-state index is 10.1. The first-order chi connectivity index (χ1) is 7.99. The number of rotatable bonds is 3. The van der Waals surface area contributed by atoms with Crippen LogP contribution in [0.25, 0.3) is 0 Å². The van der Waals surface area contributed by atoms with E-state index in [2.05, 4.69) is 5.10 Å². The monoisotopic (exact) mass is 290 g/mol. The molecule has 0 aliphatic rings. The van der Waals surface area contributed by atoms with E-state index in [1.54, 1.807) is 16.1 Å². The summed E-state index contributed by atoms with van der Waals surface area (Å²) in [5.41, 5.74) is 1.61. The molecule has 1 N–H and O–H groups in total. The van der Waals surface area contributed by atoms with E-state index in [4.69, 9.17) is 23.2 Å². The Hall–Kier alpha value is -0.550. The molecule has 0 radical (unpaired) electrons. The molecular weight excluding hydrogens is 279 g/mol. The van der Waals surface area contributed by atoms with E-state index in [-0.39, 0.29) is 0 Å². The van der Waals surface area contributed by atoms with Crippen LogP contribution < -0.4 is 0 Å². The molecule has 2 heterocycles. The number of aromatic nitrogens is 2. The van der Waals surface area contributed by atoms with E-state index >= 15 is 0 Å². The van der Waals surface area contributed by atoms with E-state index in [0.717, 1.165) is 16.3 Å². The van der Waals surface area contributed by atoms with Gasteiger partial charge in [-0.1, -0.05) is 23.2 Å². The summed E-state index contributed by atoms with van der Waals surface area (Å²) in [5.74, 6) is 0. The van der Waals surface area contributed by atoms with E-state index < -0.39 is 6.10 Å². The molecule has 0 saturated carbocycles. The van der Waals surface area contributed by atoms with Crippen molar-refractivity contribution in [3.05, 3.63) is 37.8 Å². The minimum absolute atomic E-state index is 0.438. The Labute approximate surface area is 114 Å². The molecule has 1 unspecified atom stereocenters. The molecule has 3 nitrogen and oxygen atoms in total. The van der Waals surface area contributed by atoms with Crippen molar-refractivity contribution in [2.45, 2.75) is 19.4 Å². The predicted molar refractivity (Wildman–Crippen MR) is 70.9 cm³/mol. The van der Waals surface area contributed by atoms with Gasteiger partial charge in [0.15, 0.2) is 0 Å². The Morgan fingerprint density at radius 1 is 1.53 bits per heavy atom. The molecular formula is C11H12Cl2N2OS. The van der Waals surface area contributed by atoms with E-state index in [1.807, 2.05) is 14.0 Å². The van der Waals surface area contributed by atoms with Gasteiger partial charge in [-0.25, -0.2) is 0 Å². The van der Waals surface area contributed by atoms with Gasteiger partial charge in [-0.3, -0.25) is 4.68 Å². The Morgan fingerprint density at radius 3 is 2.71 bits per heavy atom. The highest BCUT2D eigenvalue weighted by molar-refractivity contribution is 7.10. The first-order valence-corrected chi connectivity index (χ1v) is 6.72. The highest BCUT2D eigenvalue weighted by atomic mass is 35.5. The highest BCUT2D eigenvalue weighted by Crippen LogP contribution is 2.30. The minimum atomic E-state index is -0.597. The molecule has 0 saturated heterocycles. The number of hydrogen-bond donors (Lipinski definition) is 1. The quantitative estimate of drug-likeness (QED) is 0.941. The van der Waals surface area contributed by atoms with E-state index in [1.165, 1.54) is 11.3 Å². The molecule has 2 aromatic heterocycles. The lowest BCUT2D eigenvalue weighted by Gasteiger charge is -2.09. The van der Waals surface area contributed by atoms with Crippen LogP contribution in [0.2, 0.25) is 10.0 Å². The van der Waals surface area contributed by atoms with Crippen LogP contribution in [0, 0.1) is 6.92 Å². The third-order valence-electron chi connectivity index (χ3n) is 2.56. The van der Waals surface area contributed by atoms with E-state index in [0.29, 0.717) is 16.5 Å². The standard InChI is InChI=1S/C11H12Cl2N2OS/c1-6-11(13)8(15(2)14-6)4-9(16)10-3-7(12)5-17-10/h3,5,9,16H,4H2,1-2H3. The van der Waals surface area contributed by atoms with Crippen molar-refractivity contribution in [2.24, 2.45) is 7.05 Å². The molecule has 0 amide bonds. The van der Waals surface area contributed by atoms with Gasteiger partial charge in [0.05, 0.1) is 27.5 Å². The fraction of sp³-hybridized carbons (Fsp3) is 0.364. The van der Waals surface area contributed by atoms with Crippen molar-refractivity contribution >= 4 is 34.5 Å². The largest absolute Gasteiger partial charge is 0.387 e. The zero-order chi connectivity index (χ0) is 12.6. The number of aryl methyl sites for hydroxylation is 2. The van der Waals surface area contributed by atoms with Gasteiger partial charge in [-0.2, -0.15) is 5.10 Å². The molecule has 0 aromatic carbocycles. The van der Waals surface area contributed by atoms with Crippen molar-refractivity contribution in [1.82, 2.24) is 9.78 Å². The number of nitrogens with zero attached hydrogens (tertiary/aromatic N) is 2. The second kappa shape index (κ2) is 4.98. The first kappa shape index (κ1) is 12.9. The first-order valence-electron chi connectivity index (χ1n) is 5.09. The summed E-state index contributed by atoms with van der Waals surface area (Å²) < 4.78 is 1.70. The smallest absolute Gasteiger partial charge is 0.0938 e. The third-order valence-corrected chi connectivity index (χ3v) is 4.44. The number of aliphatic hydroxyl groups is 1. The van der Waals surface area contributed by atoms with Crippen LogP contribution in [-0.2, 0) is 13.5 Å². The summed E-state index contributed by atoms with van der Waals surface area (Å²) in [6.45, 7) is 1.85. The summed E-state index contributed by atoms with van der Waals surface area (Å²) in [4.78, 5) is 0.838. The lowest BCUT2D eigenvalue weighted by atomic mass is 10.1. The number of hydrogen-bond acceptors (Lipinski definition) is 3. The van der Waals surface area contributed by atoms with Crippen molar-refractivity contribution in [1.29, 1.82) is 0 Å². The normalized spacial score (nSPS) is 13.0. The third kappa shape index (κ3) is 2.65. The second-order valence-corrected chi connectivity index (χ2v) is 5.61. The molecule has 1 atom stereocenters. The molecule has 2 aromatic rings. The van der Waals surface area contributed by atoms with Gasteiger partial charge in [-0.05, 0) is 13.0 Å². The summed E-state index contributed by atoms with van der Waals surface area (Å²) in [5, 5.41) is 17.4. The number of halogens is 2. The van der Waals surface area contributed by atoms with Crippen LogP contribution >= 0.6 is 34.5 Å². The average molecular weight is 291 g/mol. The Morgan fingerprint density at radius 2 is 2.24 bits per heavy atom. The van der Waals surface area contributed by atoms with Gasteiger partial charge in [-0.15, -0.1) is 11.3 Å². The topological polar surface area (TPSA) is 38.0 Å². The van der Waals surface area contributed by atoms with Crippen LogP contribution in [-0.4, -0.2) is 14.9 Å². The zero-order valence-electron chi connectivity index (χ0n) is 9.44. The molecule has 0 spiro atoms.